The molecule has 5 nitrogen and oxygen atoms in total. The minimum Gasteiger partial charge on any atom is -0.382 e. The number of carbonyl (C=O) groups is 2. The van der Waals surface area contributed by atoms with Crippen molar-refractivity contribution >= 4 is 62.4 Å². The van der Waals surface area contributed by atoms with E-state index in [1.807, 2.05) is 122 Å². The van der Waals surface area contributed by atoms with E-state index in [0.29, 0.717) is 26.6 Å². The molecule has 0 saturated heterocycles. The third-order valence-electron chi connectivity index (χ3n) is 7.46. The quantitative estimate of drug-likeness (QED) is 0.110. The molecule has 5 aromatic carbocycles. The molecule has 5 aromatic rings. The summed E-state index contributed by atoms with van der Waals surface area (Å²) in [5, 5.41) is 3.94. The Kier molecular flexibility index (Phi) is 9.39. The van der Waals surface area contributed by atoms with E-state index in [1.165, 1.54) is 11.8 Å². The van der Waals surface area contributed by atoms with E-state index in [1.54, 1.807) is 18.3 Å². The summed E-state index contributed by atoms with van der Waals surface area (Å²) in [6.07, 6.45) is 1.80. The van der Waals surface area contributed by atoms with Gasteiger partial charge in [-0.05, 0) is 22.8 Å². The van der Waals surface area contributed by atoms with E-state index < -0.39 is 6.89 Å². The summed E-state index contributed by atoms with van der Waals surface area (Å²) in [5.74, 6) is -0.196. The molecule has 0 N–H and O–H groups in total. The van der Waals surface area contributed by atoms with E-state index in [9.17, 15) is 9.59 Å². The number of benzene rings is 5. The molecule has 0 aliphatic carbocycles. The number of carbonyl (C=O) groups excluding carboxylic acids is 2. The van der Waals surface area contributed by atoms with Crippen molar-refractivity contribution in [1.29, 1.82) is 0 Å². The van der Waals surface area contributed by atoms with E-state index in [-0.39, 0.29) is 11.7 Å². The van der Waals surface area contributed by atoms with Crippen LogP contribution in [0.5, 0.6) is 0 Å². The zero-order chi connectivity index (χ0) is 31.9. The fraction of sp³-hybridized carbons (Fsp3) is 0.0513. The summed E-state index contributed by atoms with van der Waals surface area (Å²) in [6.45, 7) is -2.90. The second kappa shape index (κ2) is 13.9. The maximum atomic E-state index is 14.8. The molecule has 0 spiro atoms. The second-order valence-corrected chi connectivity index (χ2v) is 15.2. The van der Waals surface area contributed by atoms with Gasteiger partial charge in [0.25, 0.3) is 5.91 Å². The third-order valence-corrected chi connectivity index (χ3v) is 12.9. The predicted molar refractivity (Wildman–Crippen MR) is 196 cm³/mol. The Morgan fingerprint density at radius 2 is 1.07 bits per heavy atom. The molecule has 1 amide bonds. The maximum Gasteiger partial charge on any atom is 0.282 e. The van der Waals surface area contributed by atoms with E-state index >= 15 is 0 Å². The highest BCUT2D eigenvalue weighted by Crippen LogP contribution is 2.48. The summed E-state index contributed by atoms with van der Waals surface area (Å²) in [5.41, 5.74) is 1.28. The second-order valence-electron chi connectivity index (χ2n) is 10.8. The number of amides is 1. The molecule has 0 unspecified atom stereocenters. The van der Waals surface area contributed by atoms with Crippen LogP contribution in [0.4, 0.5) is 0 Å². The number of thioether (sulfide) groups is 1. The van der Waals surface area contributed by atoms with Gasteiger partial charge in [-0.1, -0.05) is 163 Å². The van der Waals surface area contributed by atoms with Gasteiger partial charge in [-0.3, -0.25) is 9.59 Å². The monoisotopic (exact) mass is 637 g/mol. The summed E-state index contributed by atoms with van der Waals surface area (Å²) in [4.78, 5) is 40.9. The molecule has 1 aliphatic heterocycles. The summed E-state index contributed by atoms with van der Waals surface area (Å²) in [6, 6.07) is 49.1. The lowest BCUT2D eigenvalue weighted by Crippen LogP contribution is -2.38. The van der Waals surface area contributed by atoms with E-state index in [0.717, 1.165) is 21.5 Å². The van der Waals surface area contributed by atoms with Crippen LogP contribution in [0.15, 0.2) is 173 Å². The van der Waals surface area contributed by atoms with Crippen molar-refractivity contribution < 1.29 is 9.59 Å². The summed E-state index contributed by atoms with van der Waals surface area (Å²) < 4.78 is 0. The van der Waals surface area contributed by atoms with Crippen molar-refractivity contribution in [3.05, 3.63) is 174 Å². The molecule has 226 valence electrons. The fourth-order valence-corrected chi connectivity index (χ4v) is 11.2. The molecule has 1 heterocycles. The predicted octanol–water partition coefficient (Wildman–Crippen LogP) is 6.56. The SMILES string of the molecule is CN(C)/C=C(\SC1=NC(c2ccccc2)=NC(=O)C1=P(c1ccccc1)(c1ccccc1)c1ccccc1)C(=O)c1ccccc1. The van der Waals surface area contributed by atoms with Crippen LogP contribution in [0, 0.1) is 0 Å². The zero-order valence-corrected chi connectivity index (χ0v) is 27.2. The Labute approximate surface area is 274 Å². The van der Waals surface area contributed by atoms with E-state index in [4.69, 9.17) is 4.99 Å². The number of ketones is 1. The van der Waals surface area contributed by atoms with Gasteiger partial charge in [-0.25, -0.2) is 4.99 Å². The Hall–Kier alpha value is -5.03. The first-order valence-electron chi connectivity index (χ1n) is 14.9. The number of allylic oxidation sites excluding steroid dienone is 1. The number of amidine groups is 1. The van der Waals surface area contributed by atoms with Crippen molar-refractivity contribution in [2.75, 3.05) is 14.1 Å². The van der Waals surface area contributed by atoms with Crippen molar-refractivity contribution in [2.24, 2.45) is 9.98 Å². The smallest absolute Gasteiger partial charge is 0.282 e. The van der Waals surface area contributed by atoms with Crippen molar-refractivity contribution in [3.8, 4) is 0 Å². The number of aliphatic imine (C=N–C) groups is 2. The van der Waals surface area contributed by atoms with Crippen molar-refractivity contribution in [1.82, 2.24) is 4.90 Å². The van der Waals surface area contributed by atoms with Crippen molar-refractivity contribution in [3.63, 3.8) is 0 Å². The number of nitrogens with zero attached hydrogens (tertiary/aromatic N) is 3. The fourth-order valence-electron chi connectivity index (χ4n) is 5.48. The normalized spacial score (nSPS) is 13.6. The van der Waals surface area contributed by atoms with Crippen LogP contribution >= 0.6 is 18.6 Å². The first-order chi connectivity index (χ1) is 22.5. The van der Waals surface area contributed by atoms with Gasteiger partial charge < -0.3 is 4.90 Å². The molecule has 0 aromatic heterocycles. The molecule has 0 bridgehead atoms. The molecule has 1 aliphatic rings. The molecule has 6 rings (SSSR count). The standard InChI is InChI=1S/C39H32N3O2PS/c1-42(2)28-34(35(43)29-18-8-3-9-19-29)46-39-36(38(44)40-37(41-39)30-20-10-4-11-21-30)45(31-22-12-5-13-23-31,32-24-14-6-15-25-32)33-26-16-7-17-27-33/h3-28H,1-2H3/b34-28-. The molecular formula is C39H32N3O2PS. The molecule has 7 heteroatoms. The number of Topliss-reactive ketones (excluding diaryl/α,β-unsaturated/α-hetero) is 1. The van der Waals surface area contributed by atoms with Gasteiger partial charge in [-0.2, -0.15) is 4.99 Å². The highest BCUT2D eigenvalue weighted by molar-refractivity contribution is 8.22. The first-order valence-corrected chi connectivity index (χ1v) is 17.5. The van der Waals surface area contributed by atoms with Gasteiger partial charge in [0.2, 0.25) is 5.78 Å². The van der Waals surface area contributed by atoms with E-state index in [2.05, 4.69) is 41.4 Å². The highest BCUT2D eigenvalue weighted by Gasteiger charge is 2.38. The maximum absolute atomic E-state index is 14.8. The molecule has 0 fully saturated rings. The Bertz CT molecular complexity index is 1900. The van der Waals surface area contributed by atoms with Gasteiger partial charge in [0.1, 0.15) is 5.04 Å². The first kappa shape index (κ1) is 31.0. The van der Waals surface area contributed by atoms with Crippen LogP contribution in [-0.2, 0) is 4.79 Å². The van der Waals surface area contributed by atoms with Crippen LogP contribution in [0.25, 0.3) is 0 Å². The van der Waals surface area contributed by atoms with Crippen LogP contribution in [0.2, 0.25) is 0 Å². The zero-order valence-electron chi connectivity index (χ0n) is 25.5. The topological polar surface area (TPSA) is 62.1 Å². The minimum atomic E-state index is -2.90. The molecule has 0 atom stereocenters. The average molecular weight is 638 g/mol. The van der Waals surface area contributed by atoms with Crippen molar-refractivity contribution in [2.45, 2.75) is 0 Å². The van der Waals surface area contributed by atoms with Gasteiger partial charge >= 0.3 is 0 Å². The molecule has 46 heavy (non-hydrogen) atoms. The summed E-state index contributed by atoms with van der Waals surface area (Å²) in [7, 11) is 3.76. The van der Waals surface area contributed by atoms with Crippen LogP contribution < -0.4 is 15.9 Å². The lowest BCUT2D eigenvalue weighted by molar-refractivity contribution is -0.111. The Morgan fingerprint density at radius 3 is 1.52 bits per heavy atom. The number of hydrogen-bond acceptors (Lipinski definition) is 5. The Morgan fingerprint density at radius 1 is 0.630 bits per heavy atom. The minimum absolute atomic E-state index is 0.152. The van der Waals surface area contributed by atoms with Gasteiger partial charge in [0.15, 0.2) is 5.84 Å². The molecule has 0 radical (unpaired) electrons. The Balaban J connectivity index is 1.72. The largest absolute Gasteiger partial charge is 0.382 e. The lowest BCUT2D eigenvalue weighted by atomic mass is 10.1. The van der Waals surface area contributed by atoms with Gasteiger partial charge in [0, 0.05) is 31.4 Å². The van der Waals surface area contributed by atoms with Crippen LogP contribution in [0.3, 0.4) is 0 Å². The van der Waals surface area contributed by atoms with Crippen LogP contribution in [0.1, 0.15) is 15.9 Å². The third kappa shape index (κ3) is 6.23. The highest BCUT2D eigenvalue weighted by atomic mass is 32.2. The molecular weight excluding hydrogens is 605 g/mol. The van der Waals surface area contributed by atoms with Gasteiger partial charge in [0.05, 0.1) is 10.2 Å². The van der Waals surface area contributed by atoms with Crippen LogP contribution in [-0.4, -0.2) is 46.9 Å². The number of hydrogen-bond donors (Lipinski definition) is 0. The molecule has 0 saturated carbocycles. The van der Waals surface area contributed by atoms with Gasteiger partial charge in [-0.15, -0.1) is 0 Å². The summed E-state index contributed by atoms with van der Waals surface area (Å²) >= 11 is 1.23. The lowest BCUT2D eigenvalue weighted by Gasteiger charge is -2.33. The average Bonchev–Trinajstić information content (AvgIpc) is 3.11. The number of rotatable bonds is 8.